The normalized spacial score (nSPS) is 47.0. The van der Waals surface area contributed by atoms with Gasteiger partial charge >= 0.3 is 5.97 Å². The van der Waals surface area contributed by atoms with E-state index in [-0.39, 0.29) is 11.4 Å². The van der Waals surface area contributed by atoms with Crippen LogP contribution in [-0.4, -0.2) is 12.6 Å². The molecule has 0 bridgehead atoms. The van der Waals surface area contributed by atoms with Crippen LogP contribution in [0.2, 0.25) is 0 Å². The summed E-state index contributed by atoms with van der Waals surface area (Å²) in [7, 11) is 0. The first-order chi connectivity index (χ1) is 5.62. The Kier molecular flexibility index (Phi) is 1.67. The highest BCUT2D eigenvalue weighted by Crippen LogP contribution is 2.51. The summed E-state index contributed by atoms with van der Waals surface area (Å²) in [5.41, 5.74) is 0.219. The molecule has 3 unspecified atom stereocenters. The molecular weight excluding hydrogens is 152 g/mol. The number of ether oxygens (including phenoxy) is 1. The molecule has 3 atom stereocenters. The molecule has 1 spiro atoms. The lowest BCUT2D eigenvalue weighted by atomic mass is 9.78. The van der Waals surface area contributed by atoms with Crippen molar-refractivity contribution in [3.8, 4) is 0 Å². The van der Waals surface area contributed by atoms with Crippen molar-refractivity contribution in [1.82, 2.24) is 0 Å². The van der Waals surface area contributed by atoms with Crippen molar-refractivity contribution in [2.75, 3.05) is 6.61 Å². The second-order valence-corrected chi connectivity index (χ2v) is 4.65. The fourth-order valence-electron chi connectivity index (χ4n) is 2.89. The van der Waals surface area contributed by atoms with E-state index in [4.69, 9.17) is 4.74 Å². The van der Waals surface area contributed by atoms with Gasteiger partial charge in [0.2, 0.25) is 0 Å². The van der Waals surface area contributed by atoms with Crippen molar-refractivity contribution >= 4 is 5.97 Å². The van der Waals surface area contributed by atoms with Gasteiger partial charge in [-0.2, -0.15) is 0 Å². The van der Waals surface area contributed by atoms with Crippen LogP contribution in [0.15, 0.2) is 0 Å². The molecule has 68 valence electrons. The summed E-state index contributed by atoms with van der Waals surface area (Å²) in [6.45, 7) is 5.21. The van der Waals surface area contributed by atoms with Gasteiger partial charge in [-0.3, -0.25) is 4.79 Å². The van der Waals surface area contributed by atoms with Crippen molar-refractivity contribution in [3.63, 3.8) is 0 Å². The summed E-state index contributed by atoms with van der Waals surface area (Å²) >= 11 is 0. The molecule has 12 heavy (non-hydrogen) atoms. The standard InChI is InChI=1S/C10H16O2/c1-7-3-8(2)10(4-7)5-9(11)12-6-10/h7-8H,3-6H2,1-2H3. The Hall–Kier alpha value is -0.530. The maximum atomic E-state index is 11.0. The molecule has 0 aromatic carbocycles. The number of cyclic esters (lactones) is 1. The molecule has 2 fully saturated rings. The van der Waals surface area contributed by atoms with Crippen molar-refractivity contribution in [3.05, 3.63) is 0 Å². The van der Waals surface area contributed by atoms with Crippen molar-refractivity contribution in [1.29, 1.82) is 0 Å². The quantitative estimate of drug-likeness (QED) is 0.517. The number of esters is 1. The van der Waals surface area contributed by atoms with Crippen LogP contribution in [0, 0.1) is 17.3 Å². The van der Waals surface area contributed by atoms with Gasteiger partial charge in [0.1, 0.15) is 0 Å². The summed E-state index contributed by atoms with van der Waals surface area (Å²) in [4.78, 5) is 11.0. The number of carbonyl (C=O) groups is 1. The molecule has 2 heteroatoms. The fourth-order valence-corrected chi connectivity index (χ4v) is 2.89. The Morgan fingerprint density at radius 1 is 1.50 bits per heavy atom. The van der Waals surface area contributed by atoms with Gasteiger partial charge < -0.3 is 4.74 Å². The molecule has 2 rings (SSSR count). The van der Waals surface area contributed by atoms with Crippen molar-refractivity contribution < 1.29 is 9.53 Å². The predicted molar refractivity (Wildman–Crippen MR) is 45.6 cm³/mol. The zero-order valence-corrected chi connectivity index (χ0v) is 7.80. The second kappa shape index (κ2) is 2.48. The van der Waals surface area contributed by atoms with Crippen molar-refractivity contribution in [2.45, 2.75) is 33.1 Å². The monoisotopic (exact) mass is 168 g/mol. The van der Waals surface area contributed by atoms with E-state index < -0.39 is 0 Å². The van der Waals surface area contributed by atoms with E-state index in [0.717, 1.165) is 5.92 Å². The average Bonchev–Trinajstić information content (AvgIpc) is 2.43. The lowest BCUT2D eigenvalue weighted by Gasteiger charge is -2.24. The third kappa shape index (κ3) is 1.05. The lowest BCUT2D eigenvalue weighted by Crippen LogP contribution is -2.23. The average molecular weight is 168 g/mol. The van der Waals surface area contributed by atoms with E-state index in [1.54, 1.807) is 0 Å². The predicted octanol–water partition coefficient (Wildman–Crippen LogP) is 1.99. The number of rotatable bonds is 0. The minimum atomic E-state index is 0.0101. The highest BCUT2D eigenvalue weighted by atomic mass is 16.5. The maximum Gasteiger partial charge on any atom is 0.306 e. The second-order valence-electron chi connectivity index (χ2n) is 4.65. The van der Waals surface area contributed by atoms with E-state index in [1.165, 1.54) is 12.8 Å². The van der Waals surface area contributed by atoms with Crippen LogP contribution in [0.25, 0.3) is 0 Å². The van der Waals surface area contributed by atoms with Crippen LogP contribution in [0.5, 0.6) is 0 Å². The van der Waals surface area contributed by atoms with Gasteiger partial charge in [-0.1, -0.05) is 13.8 Å². The summed E-state index contributed by atoms with van der Waals surface area (Å²) in [6.07, 6.45) is 3.11. The molecule has 0 amide bonds. The van der Waals surface area contributed by atoms with E-state index in [9.17, 15) is 4.79 Å². The minimum absolute atomic E-state index is 0.0101. The summed E-state index contributed by atoms with van der Waals surface area (Å²) in [6, 6.07) is 0. The Morgan fingerprint density at radius 3 is 2.67 bits per heavy atom. The van der Waals surface area contributed by atoms with Gasteiger partial charge in [0.15, 0.2) is 0 Å². The van der Waals surface area contributed by atoms with E-state index in [0.29, 0.717) is 18.9 Å². The SMILES string of the molecule is CC1CC(C)C2(COC(=O)C2)C1. The number of hydrogen-bond acceptors (Lipinski definition) is 2. The first kappa shape index (κ1) is 8.09. The lowest BCUT2D eigenvalue weighted by molar-refractivity contribution is -0.137. The maximum absolute atomic E-state index is 11.0. The Balaban J connectivity index is 2.16. The van der Waals surface area contributed by atoms with Crippen LogP contribution in [0.4, 0.5) is 0 Å². The summed E-state index contributed by atoms with van der Waals surface area (Å²) in [5, 5.41) is 0. The zero-order valence-electron chi connectivity index (χ0n) is 7.80. The topological polar surface area (TPSA) is 26.3 Å². The van der Waals surface area contributed by atoms with Gasteiger partial charge in [0.05, 0.1) is 13.0 Å². The molecule has 0 aromatic heterocycles. The van der Waals surface area contributed by atoms with Crippen LogP contribution < -0.4 is 0 Å². The Labute approximate surface area is 73.3 Å². The fraction of sp³-hybridized carbons (Fsp3) is 0.900. The van der Waals surface area contributed by atoms with Gasteiger partial charge in [0, 0.05) is 5.41 Å². The third-order valence-electron chi connectivity index (χ3n) is 3.57. The van der Waals surface area contributed by atoms with E-state index >= 15 is 0 Å². The van der Waals surface area contributed by atoms with Gasteiger partial charge in [0.25, 0.3) is 0 Å². The van der Waals surface area contributed by atoms with Gasteiger partial charge in [-0.05, 0) is 24.7 Å². The minimum Gasteiger partial charge on any atom is -0.465 e. The molecule has 1 aliphatic heterocycles. The van der Waals surface area contributed by atoms with Crippen LogP contribution in [-0.2, 0) is 9.53 Å². The largest absolute Gasteiger partial charge is 0.465 e. The van der Waals surface area contributed by atoms with E-state index in [2.05, 4.69) is 13.8 Å². The molecule has 0 aromatic rings. The van der Waals surface area contributed by atoms with Crippen LogP contribution >= 0.6 is 0 Å². The molecule has 1 aliphatic carbocycles. The highest BCUT2D eigenvalue weighted by Gasteiger charge is 2.49. The third-order valence-corrected chi connectivity index (χ3v) is 3.57. The molecule has 2 nitrogen and oxygen atoms in total. The Bertz CT molecular complexity index is 212. The van der Waals surface area contributed by atoms with Crippen LogP contribution in [0.3, 0.4) is 0 Å². The first-order valence-electron chi connectivity index (χ1n) is 4.78. The van der Waals surface area contributed by atoms with Crippen molar-refractivity contribution in [2.24, 2.45) is 17.3 Å². The molecular formula is C10H16O2. The smallest absolute Gasteiger partial charge is 0.306 e. The van der Waals surface area contributed by atoms with E-state index in [1.807, 2.05) is 0 Å². The molecule has 1 saturated heterocycles. The van der Waals surface area contributed by atoms with Gasteiger partial charge in [-0.15, -0.1) is 0 Å². The molecule has 2 aliphatic rings. The summed E-state index contributed by atoms with van der Waals surface area (Å²) < 4.78 is 5.07. The molecule has 1 heterocycles. The Morgan fingerprint density at radius 2 is 2.25 bits per heavy atom. The van der Waals surface area contributed by atoms with Crippen LogP contribution in [0.1, 0.15) is 33.1 Å². The first-order valence-corrected chi connectivity index (χ1v) is 4.78. The highest BCUT2D eigenvalue weighted by molar-refractivity contribution is 5.72. The zero-order chi connectivity index (χ0) is 8.77. The summed E-state index contributed by atoms with van der Waals surface area (Å²) in [5.74, 6) is 1.45. The number of carbonyl (C=O) groups excluding carboxylic acids is 1. The molecule has 0 radical (unpaired) electrons. The molecule has 1 saturated carbocycles. The van der Waals surface area contributed by atoms with Gasteiger partial charge in [-0.25, -0.2) is 0 Å². The number of hydrogen-bond donors (Lipinski definition) is 0. The molecule has 0 N–H and O–H groups in total.